The van der Waals surface area contributed by atoms with Gasteiger partial charge in [-0.15, -0.1) is 0 Å². The first kappa shape index (κ1) is 16.1. The molecule has 0 aliphatic carbocycles. The number of fused-ring (bicyclic) bond motifs is 3. The Balaban J connectivity index is 1.34. The molecule has 8 heteroatoms. The molecule has 2 fully saturated rings. The zero-order chi connectivity index (χ0) is 17.7. The number of aliphatic hydroxyl groups excluding tert-OH is 1. The molecule has 3 aliphatic heterocycles. The molecular formula is C18H21N3O5. The molecule has 2 aromatic rings. The standard InChI is InChI=1S/C18H21N3O5/c1-10-19-4-5-21(10)16-17(22)15(14-8-23-18(16)26-14)20-7-11-2-3-12-13(6-11)25-9-24-12/h2-6,14-18,20,22H,7-9H2,1H3/t14-,15-,16-,17+,18-/m1/s1. The van der Waals surface area contributed by atoms with Crippen molar-refractivity contribution in [3.63, 3.8) is 0 Å². The summed E-state index contributed by atoms with van der Waals surface area (Å²) >= 11 is 0. The van der Waals surface area contributed by atoms with Crippen LogP contribution in [0.5, 0.6) is 11.5 Å². The number of aryl methyl sites for hydroxylation is 1. The van der Waals surface area contributed by atoms with Crippen LogP contribution in [0.1, 0.15) is 17.4 Å². The highest BCUT2D eigenvalue weighted by molar-refractivity contribution is 5.44. The summed E-state index contributed by atoms with van der Waals surface area (Å²) in [4.78, 5) is 4.26. The third-order valence-electron chi connectivity index (χ3n) is 5.29. The maximum absolute atomic E-state index is 11.0. The smallest absolute Gasteiger partial charge is 0.231 e. The maximum Gasteiger partial charge on any atom is 0.231 e. The Morgan fingerprint density at radius 2 is 2.19 bits per heavy atom. The number of ether oxygens (including phenoxy) is 4. The Bertz CT molecular complexity index is 810. The van der Waals surface area contributed by atoms with Gasteiger partial charge in [-0.3, -0.25) is 0 Å². The predicted molar refractivity (Wildman–Crippen MR) is 89.8 cm³/mol. The second-order valence-corrected chi connectivity index (χ2v) is 6.83. The van der Waals surface area contributed by atoms with Gasteiger partial charge in [0.25, 0.3) is 0 Å². The number of nitrogens with one attached hydrogen (secondary N) is 1. The van der Waals surface area contributed by atoms with Crippen LogP contribution >= 0.6 is 0 Å². The molecule has 0 saturated carbocycles. The number of nitrogens with zero attached hydrogens (tertiary/aromatic N) is 2. The van der Waals surface area contributed by atoms with Gasteiger partial charge in [0.15, 0.2) is 17.8 Å². The largest absolute Gasteiger partial charge is 0.454 e. The van der Waals surface area contributed by atoms with Crippen LogP contribution in [-0.4, -0.2) is 52.6 Å². The van der Waals surface area contributed by atoms with Gasteiger partial charge in [-0.05, 0) is 24.6 Å². The summed E-state index contributed by atoms with van der Waals surface area (Å²) in [6, 6.07) is 5.27. The van der Waals surface area contributed by atoms with Crippen molar-refractivity contribution >= 4 is 0 Å². The van der Waals surface area contributed by atoms with E-state index in [9.17, 15) is 5.11 Å². The summed E-state index contributed by atoms with van der Waals surface area (Å²) < 4.78 is 24.5. The van der Waals surface area contributed by atoms with E-state index in [1.807, 2.05) is 35.9 Å². The van der Waals surface area contributed by atoms with E-state index < -0.39 is 12.4 Å². The third-order valence-corrected chi connectivity index (χ3v) is 5.29. The second kappa shape index (κ2) is 6.24. The lowest BCUT2D eigenvalue weighted by Crippen LogP contribution is -2.57. The molecule has 138 valence electrons. The molecule has 5 rings (SSSR count). The summed E-state index contributed by atoms with van der Waals surface area (Å²) in [5.41, 5.74) is 1.05. The van der Waals surface area contributed by atoms with Crippen molar-refractivity contribution in [2.24, 2.45) is 0 Å². The maximum atomic E-state index is 11.0. The van der Waals surface area contributed by atoms with Gasteiger partial charge in [-0.2, -0.15) is 0 Å². The quantitative estimate of drug-likeness (QED) is 0.832. The van der Waals surface area contributed by atoms with Crippen molar-refractivity contribution in [3.8, 4) is 11.5 Å². The second-order valence-electron chi connectivity index (χ2n) is 6.83. The molecule has 1 aromatic heterocycles. The fourth-order valence-corrected chi connectivity index (χ4v) is 3.94. The molecule has 26 heavy (non-hydrogen) atoms. The van der Waals surface area contributed by atoms with E-state index in [1.54, 1.807) is 6.20 Å². The van der Waals surface area contributed by atoms with Gasteiger partial charge in [0.05, 0.1) is 18.8 Å². The number of imidazole rings is 1. The minimum Gasteiger partial charge on any atom is -0.454 e. The highest BCUT2D eigenvalue weighted by Gasteiger charge is 2.50. The van der Waals surface area contributed by atoms with Crippen LogP contribution in [0.4, 0.5) is 0 Å². The summed E-state index contributed by atoms with van der Waals surface area (Å²) in [6.45, 7) is 3.21. The molecule has 4 heterocycles. The number of hydrogen-bond donors (Lipinski definition) is 2. The van der Waals surface area contributed by atoms with Crippen LogP contribution in [-0.2, 0) is 16.0 Å². The highest BCUT2D eigenvalue weighted by Crippen LogP contribution is 2.37. The number of aromatic nitrogens is 2. The Morgan fingerprint density at radius 3 is 3.04 bits per heavy atom. The summed E-state index contributed by atoms with van der Waals surface area (Å²) in [5.74, 6) is 2.33. The molecule has 0 spiro atoms. The highest BCUT2D eigenvalue weighted by atomic mass is 16.7. The average molecular weight is 359 g/mol. The van der Waals surface area contributed by atoms with E-state index in [4.69, 9.17) is 18.9 Å². The lowest BCUT2D eigenvalue weighted by molar-refractivity contribution is -0.165. The van der Waals surface area contributed by atoms with Crippen LogP contribution < -0.4 is 14.8 Å². The minimum absolute atomic E-state index is 0.177. The van der Waals surface area contributed by atoms with E-state index in [-0.39, 0.29) is 25.0 Å². The molecule has 8 nitrogen and oxygen atoms in total. The zero-order valence-electron chi connectivity index (χ0n) is 14.4. The van der Waals surface area contributed by atoms with Gasteiger partial charge in [-0.1, -0.05) is 6.07 Å². The first-order chi connectivity index (χ1) is 12.7. The summed E-state index contributed by atoms with van der Waals surface area (Å²) in [7, 11) is 0. The average Bonchev–Trinajstić information content (AvgIpc) is 3.36. The monoisotopic (exact) mass is 359 g/mol. The van der Waals surface area contributed by atoms with Gasteiger partial charge in [-0.25, -0.2) is 4.98 Å². The fraction of sp³-hybridized carbons (Fsp3) is 0.500. The zero-order valence-corrected chi connectivity index (χ0v) is 14.4. The van der Waals surface area contributed by atoms with Crippen LogP contribution in [0.3, 0.4) is 0 Å². The summed E-state index contributed by atoms with van der Waals surface area (Å²) in [6.07, 6.45) is 2.29. The normalized spacial score (nSPS) is 32.2. The predicted octanol–water partition coefficient (Wildman–Crippen LogP) is 0.736. The topological polar surface area (TPSA) is 87.0 Å². The number of rotatable bonds is 4. The van der Waals surface area contributed by atoms with E-state index >= 15 is 0 Å². The number of benzene rings is 1. The number of aliphatic hydroxyl groups is 1. The van der Waals surface area contributed by atoms with Crippen LogP contribution in [0.15, 0.2) is 30.6 Å². The van der Waals surface area contributed by atoms with E-state index in [0.29, 0.717) is 13.2 Å². The number of hydrogen-bond acceptors (Lipinski definition) is 7. The Labute approximate surface area is 150 Å². The van der Waals surface area contributed by atoms with Gasteiger partial charge in [0.1, 0.15) is 18.0 Å². The van der Waals surface area contributed by atoms with E-state index in [2.05, 4.69) is 10.3 Å². The van der Waals surface area contributed by atoms with Crippen LogP contribution in [0.25, 0.3) is 0 Å². The van der Waals surface area contributed by atoms with Crippen molar-refractivity contribution < 1.29 is 24.1 Å². The van der Waals surface area contributed by atoms with Crippen molar-refractivity contribution in [2.45, 2.75) is 44.1 Å². The Morgan fingerprint density at radius 1 is 1.31 bits per heavy atom. The van der Waals surface area contributed by atoms with Crippen LogP contribution in [0.2, 0.25) is 0 Å². The SMILES string of the molecule is Cc1nccn1[C@H]1[C@@H]2OC[C@@H](O2)[C@@H](NCc2ccc3c(c2)OCO3)[C@@H]1O. The minimum atomic E-state index is -0.650. The molecule has 2 saturated heterocycles. The molecule has 3 aliphatic rings. The third kappa shape index (κ3) is 2.57. The molecule has 2 bridgehead atoms. The van der Waals surface area contributed by atoms with E-state index in [0.717, 1.165) is 22.9 Å². The van der Waals surface area contributed by atoms with Crippen molar-refractivity contribution in [1.29, 1.82) is 0 Å². The lowest BCUT2D eigenvalue weighted by Gasteiger charge is -2.39. The van der Waals surface area contributed by atoms with Gasteiger partial charge in [0, 0.05) is 18.9 Å². The van der Waals surface area contributed by atoms with E-state index in [1.165, 1.54) is 0 Å². The molecular weight excluding hydrogens is 338 g/mol. The van der Waals surface area contributed by atoms with Crippen molar-refractivity contribution in [3.05, 3.63) is 42.0 Å². The van der Waals surface area contributed by atoms with Gasteiger partial charge < -0.3 is 33.9 Å². The Kier molecular flexibility index (Phi) is 3.86. The van der Waals surface area contributed by atoms with Crippen molar-refractivity contribution in [1.82, 2.24) is 14.9 Å². The van der Waals surface area contributed by atoms with Gasteiger partial charge >= 0.3 is 0 Å². The molecule has 0 radical (unpaired) electrons. The van der Waals surface area contributed by atoms with Crippen LogP contribution in [0, 0.1) is 6.92 Å². The van der Waals surface area contributed by atoms with Crippen molar-refractivity contribution in [2.75, 3.05) is 13.4 Å². The lowest BCUT2D eigenvalue weighted by atomic mass is 9.95. The first-order valence-electron chi connectivity index (χ1n) is 8.77. The first-order valence-corrected chi connectivity index (χ1v) is 8.77. The summed E-state index contributed by atoms with van der Waals surface area (Å²) in [5, 5.41) is 14.5. The molecule has 0 unspecified atom stereocenters. The van der Waals surface area contributed by atoms with Gasteiger partial charge in [0.2, 0.25) is 6.79 Å². The molecule has 0 amide bonds. The Hall–Kier alpha value is -2.13. The fourth-order valence-electron chi connectivity index (χ4n) is 3.94. The molecule has 1 aromatic carbocycles. The molecule has 5 atom stereocenters. The molecule has 2 N–H and O–H groups in total.